The third-order valence-corrected chi connectivity index (χ3v) is 2.89. The van der Waals surface area contributed by atoms with Crippen LogP contribution >= 0.6 is 11.6 Å². The molecule has 0 radical (unpaired) electrons. The molecular formula is C12H21ClN2O3. The summed E-state index contributed by atoms with van der Waals surface area (Å²) in [6, 6.07) is 0. The zero-order valence-electron chi connectivity index (χ0n) is 11.2. The molecule has 0 aromatic carbocycles. The number of ether oxygens (including phenoxy) is 1. The predicted molar refractivity (Wildman–Crippen MR) is 69.6 cm³/mol. The lowest BCUT2D eigenvalue weighted by molar-refractivity contribution is -0.118. The smallest absolute Gasteiger partial charge is 0.410 e. The summed E-state index contributed by atoms with van der Waals surface area (Å²) in [7, 11) is 0. The Bertz CT molecular complexity index is 315. The number of nitrogens with zero attached hydrogens (tertiary/aromatic N) is 1. The maximum Gasteiger partial charge on any atom is 0.410 e. The number of rotatable bonds is 3. The molecule has 0 saturated carbocycles. The highest BCUT2D eigenvalue weighted by Gasteiger charge is 2.29. The van der Waals surface area contributed by atoms with Crippen LogP contribution < -0.4 is 5.32 Å². The van der Waals surface area contributed by atoms with Gasteiger partial charge in [-0.15, -0.1) is 11.6 Å². The number of hydrogen-bond donors (Lipinski definition) is 1. The van der Waals surface area contributed by atoms with E-state index in [1.807, 2.05) is 20.8 Å². The second-order valence-corrected chi connectivity index (χ2v) is 5.79. The summed E-state index contributed by atoms with van der Waals surface area (Å²) in [4.78, 5) is 24.5. The lowest BCUT2D eigenvalue weighted by Crippen LogP contribution is -2.36. The zero-order valence-corrected chi connectivity index (χ0v) is 11.9. The van der Waals surface area contributed by atoms with Gasteiger partial charge in [0.05, 0.1) is 0 Å². The van der Waals surface area contributed by atoms with Gasteiger partial charge in [-0.05, 0) is 33.1 Å². The minimum absolute atomic E-state index is 0.0253. The van der Waals surface area contributed by atoms with E-state index in [9.17, 15) is 9.59 Å². The van der Waals surface area contributed by atoms with Crippen LogP contribution in [0.1, 0.15) is 27.2 Å². The van der Waals surface area contributed by atoms with Crippen molar-refractivity contribution in [3.8, 4) is 0 Å². The minimum atomic E-state index is -0.470. The lowest BCUT2D eigenvalue weighted by Gasteiger charge is -2.24. The Kier molecular flexibility index (Phi) is 5.26. The Morgan fingerprint density at radius 1 is 1.44 bits per heavy atom. The molecule has 1 fully saturated rings. The first kappa shape index (κ1) is 15.1. The zero-order chi connectivity index (χ0) is 13.8. The van der Waals surface area contributed by atoms with Gasteiger partial charge in [0.15, 0.2) is 0 Å². The van der Waals surface area contributed by atoms with Gasteiger partial charge in [-0.2, -0.15) is 0 Å². The van der Waals surface area contributed by atoms with Crippen molar-refractivity contribution in [2.24, 2.45) is 5.92 Å². The van der Waals surface area contributed by atoms with Crippen molar-refractivity contribution in [2.45, 2.75) is 32.8 Å². The molecule has 1 N–H and O–H groups in total. The van der Waals surface area contributed by atoms with Crippen LogP contribution in [0.2, 0.25) is 0 Å². The first-order valence-corrected chi connectivity index (χ1v) is 6.66. The predicted octanol–water partition coefficient (Wildman–Crippen LogP) is 1.60. The molecule has 18 heavy (non-hydrogen) atoms. The third kappa shape index (κ3) is 5.12. The molecule has 6 heteroatoms. The molecule has 0 spiro atoms. The van der Waals surface area contributed by atoms with E-state index in [2.05, 4.69) is 5.32 Å². The highest BCUT2D eigenvalue weighted by atomic mass is 35.5. The maximum atomic E-state index is 11.8. The van der Waals surface area contributed by atoms with Gasteiger partial charge < -0.3 is 15.0 Å². The monoisotopic (exact) mass is 276 g/mol. The Labute approximate surface area is 113 Å². The fourth-order valence-corrected chi connectivity index (χ4v) is 1.89. The second-order valence-electron chi connectivity index (χ2n) is 5.52. The summed E-state index contributed by atoms with van der Waals surface area (Å²) in [6.45, 7) is 7.40. The van der Waals surface area contributed by atoms with Crippen molar-refractivity contribution in [3.05, 3.63) is 0 Å². The third-order valence-electron chi connectivity index (χ3n) is 2.65. The van der Waals surface area contributed by atoms with Crippen molar-refractivity contribution >= 4 is 23.6 Å². The summed E-state index contributed by atoms with van der Waals surface area (Å²) in [5.41, 5.74) is -0.470. The van der Waals surface area contributed by atoms with Crippen LogP contribution in [0.3, 0.4) is 0 Å². The molecule has 0 unspecified atom stereocenters. The molecule has 0 aliphatic carbocycles. The normalized spacial score (nSPS) is 19.8. The van der Waals surface area contributed by atoms with Crippen LogP contribution in [-0.4, -0.2) is 48.0 Å². The van der Waals surface area contributed by atoms with Crippen LogP contribution in [0.25, 0.3) is 0 Å². The van der Waals surface area contributed by atoms with E-state index in [0.29, 0.717) is 19.6 Å². The Balaban J connectivity index is 2.32. The van der Waals surface area contributed by atoms with Crippen molar-refractivity contribution < 1.29 is 14.3 Å². The van der Waals surface area contributed by atoms with E-state index < -0.39 is 5.60 Å². The van der Waals surface area contributed by atoms with E-state index in [1.54, 1.807) is 4.90 Å². The van der Waals surface area contributed by atoms with Crippen LogP contribution in [0.5, 0.6) is 0 Å². The lowest BCUT2D eigenvalue weighted by atomic mass is 10.1. The Morgan fingerprint density at radius 2 is 2.11 bits per heavy atom. The molecule has 1 aliphatic rings. The molecule has 0 aromatic heterocycles. The van der Waals surface area contributed by atoms with Crippen molar-refractivity contribution in [2.75, 3.05) is 25.5 Å². The number of nitrogens with one attached hydrogen (secondary N) is 1. The topological polar surface area (TPSA) is 58.6 Å². The van der Waals surface area contributed by atoms with Gasteiger partial charge in [0, 0.05) is 19.6 Å². The number of likely N-dealkylation sites (tertiary alicyclic amines) is 1. The number of hydrogen-bond acceptors (Lipinski definition) is 3. The molecule has 1 atom stereocenters. The molecular weight excluding hydrogens is 256 g/mol. The summed E-state index contributed by atoms with van der Waals surface area (Å²) in [6.07, 6.45) is 0.593. The van der Waals surface area contributed by atoms with Crippen LogP contribution in [0.15, 0.2) is 0 Å². The number of halogens is 1. The van der Waals surface area contributed by atoms with E-state index in [-0.39, 0.29) is 23.8 Å². The van der Waals surface area contributed by atoms with Gasteiger partial charge in [0.25, 0.3) is 0 Å². The van der Waals surface area contributed by atoms with Gasteiger partial charge >= 0.3 is 6.09 Å². The molecule has 0 bridgehead atoms. The Hall–Kier alpha value is -0.970. The Morgan fingerprint density at radius 3 is 2.67 bits per heavy atom. The summed E-state index contributed by atoms with van der Waals surface area (Å²) in [5, 5.41) is 2.73. The molecule has 5 nitrogen and oxygen atoms in total. The highest BCUT2D eigenvalue weighted by Crippen LogP contribution is 2.18. The number of alkyl halides is 1. The average molecular weight is 277 g/mol. The quantitative estimate of drug-likeness (QED) is 0.797. The number of amides is 2. The van der Waals surface area contributed by atoms with E-state index >= 15 is 0 Å². The fraction of sp³-hybridized carbons (Fsp3) is 0.833. The van der Waals surface area contributed by atoms with Gasteiger partial charge in [-0.1, -0.05) is 0 Å². The summed E-state index contributed by atoms with van der Waals surface area (Å²) < 4.78 is 5.30. The molecule has 1 rings (SSSR count). The van der Waals surface area contributed by atoms with Crippen LogP contribution in [0, 0.1) is 5.92 Å². The molecule has 1 aliphatic heterocycles. The van der Waals surface area contributed by atoms with Crippen molar-refractivity contribution in [3.63, 3.8) is 0 Å². The first-order chi connectivity index (χ1) is 8.31. The molecule has 0 aromatic rings. The van der Waals surface area contributed by atoms with Gasteiger partial charge in [-0.3, -0.25) is 4.79 Å². The minimum Gasteiger partial charge on any atom is -0.444 e. The summed E-state index contributed by atoms with van der Waals surface area (Å²) in [5.74, 6) is 0.0831. The first-order valence-electron chi connectivity index (χ1n) is 6.12. The van der Waals surface area contributed by atoms with E-state index in [0.717, 1.165) is 6.42 Å². The number of carbonyl (C=O) groups is 2. The van der Waals surface area contributed by atoms with E-state index in [1.165, 1.54) is 0 Å². The fourth-order valence-electron chi connectivity index (χ4n) is 1.80. The highest BCUT2D eigenvalue weighted by molar-refractivity contribution is 6.27. The standard InChI is InChI=1S/C12H21ClN2O3/c1-12(2,3)18-11(17)15-5-4-9(8-15)7-14-10(16)6-13/h9H,4-8H2,1-3H3,(H,14,16)/t9-/m1/s1. The SMILES string of the molecule is CC(C)(C)OC(=O)N1CC[C@H](CNC(=O)CCl)C1. The molecule has 1 heterocycles. The van der Waals surface area contributed by atoms with Crippen molar-refractivity contribution in [1.82, 2.24) is 10.2 Å². The average Bonchev–Trinajstić information content (AvgIpc) is 2.72. The van der Waals surface area contributed by atoms with Crippen LogP contribution in [-0.2, 0) is 9.53 Å². The largest absolute Gasteiger partial charge is 0.444 e. The van der Waals surface area contributed by atoms with Crippen molar-refractivity contribution in [1.29, 1.82) is 0 Å². The second kappa shape index (κ2) is 6.27. The molecule has 1 saturated heterocycles. The molecule has 2 amide bonds. The summed E-state index contributed by atoms with van der Waals surface area (Å²) >= 11 is 5.39. The van der Waals surface area contributed by atoms with Crippen LogP contribution in [0.4, 0.5) is 4.79 Å². The van der Waals surface area contributed by atoms with Gasteiger partial charge in [-0.25, -0.2) is 4.79 Å². The van der Waals surface area contributed by atoms with E-state index in [4.69, 9.17) is 16.3 Å². The number of carbonyl (C=O) groups excluding carboxylic acids is 2. The van der Waals surface area contributed by atoms with Gasteiger partial charge in [0.1, 0.15) is 11.5 Å². The van der Waals surface area contributed by atoms with Gasteiger partial charge in [0.2, 0.25) is 5.91 Å². The molecule has 104 valence electrons. The maximum absolute atomic E-state index is 11.8.